The number of amides is 1. The zero-order valence-corrected chi connectivity index (χ0v) is 12.0. The molecule has 0 unspecified atom stereocenters. The van der Waals surface area contributed by atoms with E-state index in [0.29, 0.717) is 25.4 Å². The molecule has 1 heterocycles. The van der Waals surface area contributed by atoms with Crippen molar-refractivity contribution in [2.45, 2.75) is 19.4 Å². The Morgan fingerprint density at radius 1 is 1.41 bits per heavy atom. The SMILES string of the molecule is C[C@H]1CN(CC(=O)Nc2ccc(OC(F)(F)F)cc2)CCO1. The molecule has 0 spiro atoms. The van der Waals surface area contributed by atoms with Crippen molar-refractivity contribution in [3.63, 3.8) is 0 Å². The van der Waals surface area contributed by atoms with Crippen LogP contribution < -0.4 is 10.1 Å². The lowest BCUT2D eigenvalue weighted by Gasteiger charge is -2.30. The van der Waals surface area contributed by atoms with E-state index in [1.165, 1.54) is 12.1 Å². The van der Waals surface area contributed by atoms with Crippen molar-refractivity contribution in [2.75, 3.05) is 31.6 Å². The van der Waals surface area contributed by atoms with Crippen molar-refractivity contribution in [1.82, 2.24) is 4.90 Å². The predicted molar refractivity (Wildman–Crippen MR) is 73.6 cm³/mol. The molecule has 22 heavy (non-hydrogen) atoms. The van der Waals surface area contributed by atoms with Crippen LogP contribution in [0.1, 0.15) is 6.92 Å². The Morgan fingerprint density at radius 3 is 2.68 bits per heavy atom. The highest BCUT2D eigenvalue weighted by Gasteiger charge is 2.31. The average molecular weight is 318 g/mol. The summed E-state index contributed by atoms with van der Waals surface area (Å²) in [5, 5.41) is 2.64. The molecule has 0 aliphatic carbocycles. The molecule has 1 aromatic rings. The van der Waals surface area contributed by atoms with Gasteiger partial charge in [-0.2, -0.15) is 0 Å². The molecule has 0 bridgehead atoms. The van der Waals surface area contributed by atoms with Crippen LogP contribution in [0.25, 0.3) is 0 Å². The summed E-state index contributed by atoms with van der Waals surface area (Å²) in [7, 11) is 0. The maximum atomic E-state index is 12.0. The minimum atomic E-state index is -4.72. The van der Waals surface area contributed by atoms with Crippen LogP contribution in [0, 0.1) is 0 Å². The van der Waals surface area contributed by atoms with Crippen molar-refractivity contribution < 1.29 is 27.4 Å². The van der Waals surface area contributed by atoms with Gasteiger partial charge < -0.3 is 14.8 Å². The normalized spacial score (nSPS) is 19.7. The van der Waals surface area contributed by atoms with E-state index in [0.717, 1.165) is 12.1 Å². The van der Waals surface area contributed by atoms with E-state index in [1.54, 1.807) is 0 Å². The Kier molecular flexibility index (Phi) is 5.25. The number of nitrogens with one attached hydrogen (secondary N) is 1. The summed E-state index contributed by atoms with van der Waals surface area (Å²) in [6.45, 7) is 4.08. The third-order valence-electron chi connectivity index (χ3n) is 3.06. The van der Waals surface area contributed by atoms with E-state index >= 15 is 0 Å². The van der Waals surface area contributed by atoms with Gasteiger partial charge in [-0.05, 0) is 31.2 Å². The molecule has 1 fully saturated rings. The number of nitrogens with zero attached hydrogens (tertiary/aromatic N) is 1. The molecule has 1 amide bonds. The second-order valence-electron chi connectivity index (χ2n) is 5.04. The second kappa shape index (κ2) is 6.97. The fourth-order valence-corrected chi connectivity index (χ4v) is 2.18. The summed E-state index contributed by atoms with van der Waals surface area (Å²) in [4.78, 5) is 13.9. The van der Waals surface area contributed by atoms with Gasteiger partial charge in [-0.3, -0.25) is 9.69 Å². The average Bonchev–Trinajstić information content (AvgIpc) is 2.39. The number of benzene rings is 1. The third kappa shape index (κ3) is 5.53. The molecule has 5 nitrogen and oxygen atoms in total. The van der Waals surface area contributed by atoms with E-state index < -0.39 is 6.36 Å². The summed E-state index contributed by atoms with van der Waals surface area (Å²) < 4.78 is 45.3. The smallest absolute Gasteiger partial charge is 0.406 e. The Bertz CT molecular complexity index is 505. The molecule has 8 heteroatoms. The Balaban J connectivity index is 1.83. The molecule has 1 atom stereocenters. The molecule has 1 N–H and O–H groups in total. The van der Waals surface area contributed by atoms with Crippen molar-refractivity contribution in [3.05, 3.63) is 24.3 Å². The van der Waals surface area contributed by atoms with Gasteiger partial charge in [0.2, 0.25) is 5.91 Å². The van der Waals surface area contributed by atoms with Gasteiger partial charge in [-0.15, -0.1) is 13.2 Å². The lowest BCUT2D eigenvalue weighted by atomic mass is 10.3. The van der Waals surface area contributed by atoms with E-state index in [4.69, 9.17) is 4.74 Å². The van der Waals surface area contributed by atoms with Crippen LogP contribution in [0.5, 0.6) is 5.75 Å². The van der Waals surface area contributed by atoms with Crippen molar-refractivity contribution in [1.29, 1.82) is 0 Å². The monoisotopic (exact) mass is 318 g/mol. The number of hydrogen-bond donors (Lipinski definition) is 1. The standard InChI is InChI=1S/C14H17F3N2O3/c1-10-8-19(6-7-21-10)9-13(20)18-11-2-4-12(5-3-11)22-14(15,16)17/h2-5,10H,6-9H2,1H3,(H,18,20)/t10-/m0/s1. The van der Waals surface area contributed by atoms with Crippen LogP contribution in [-0.4, -0.2) is 49.5 Å². The number of carbonyl (C=O) groups is 1. The lowest BCUT2D eigenvalue weighted by Crippen LogP contribution is -2.44. The molecule has 1 aliphatic rings. The van der Waals surface area contributed by atoms with Crippen LogP contribution in [0.2, 0.25) is 0 Å². The van der Waals surface area contributed by atoms with E-state index in [9.17, 15) is 18.0 Å². The van der Waals surface area contributed by atoms with Gasteiger partial charge >= 0.3 is 6.36 Å². The molecule has 122 valence electrons. The van der Waals surface area contributed by atoms with Gasteiger partial charge in [-0.25, -0.2) is 0 Å². The Morgan fingerprint density at radius 2 is 2.09 bits per heavy atom. The molecule has 0 radical (unpaired) electrons. The predicted octanol–water partition coefficient (Wildman–Crippen LogP) is 2.24. The van der Waals surface area contributed by atoms with Crippen molar-refractivity contribution >= 4 is 11.6 Å². The van der Waals surface area contributed by atoms with Crippen LogP contribution >= 0.6 is 0 Å². The second-order valence-corrected chi connectivity index (χ2v) is 5.04. The highest BCUT2D eigenvalue weighted by atomic mass is 19.4. The zero-order chi connectivity index (χ0) is 16.2. The number of anilines is 1. The lowest BCUT2D eigenvalue weighted by molar-refractivity contribution is -0.274. The van der Waals surface area contributed by atoms with E-state index in [-0.39, 0.29) is 24.3 Å². The first-order valence-electron chi connectivity index (χ1n) is 6.81. The number of carbonyl (C=O) groups excluding carboxylic acids is 1. The van der Waals surface area contributed by atoms with Gasteiger partial charge in [-0.1, -0.05) is 0 Å². The summed E-state index contributed by atoms with van der Waals surface area (Å²) in [5.41, 5.74) is 0.417. The number of hydrogen-bond acceptors (Lipinski definition) is 4. The van der Waals surface area contributed by atoms with Gasteiger partial charge in [0.1, 0.15) is 5.75 Å². The van der Waals surface area contributed by atoms with E-state index in [2.05, 4.69) is 10.1 Å². The number of rotatable bonds is 4. The summed E-state index contributed by atoms with van der Waals surface area (Å²) in [6, 6.07) is 5.03. The molecule has 0 saturated carbocycles. The van der Waals surface area contributed by atoms with Gasteiger partial charge in [0.15, 0.2) is 0 Å². The zero-order valence-electron chi connectivity index (χ0n) is 12.0. The Labute approximate surface area is 126 Å². The maximum absolute atomic E-state index is 12.0. The number of alkyl halides is 3. The topological polar surface area (TPSA) is 50.8 Å². The van der Waals surface area contributed by atoms with Crippen molar-refractivity contribution in [3.8, 4) is 5.75 Å². The minimum absolute atomic E-state index is 0.0837. The first-order chi connectivity index (χ1) is 10.3. The number of halogens is 3. The van der Waals surface area contributed by atoms with Crippen LogP contribution in [0.4, 0.5) is 18.9 Å². The Hall–Kier alpha value is -1.80. The van der Waals surface area contributed by atoms with E-state index in [1.807, 2.05) is 11.8 Å². The molecular formula is C14H17F3N2O3. The highest BCUT2D eigenvalue weighted by molar-refractivity contribution is 5.92. The van der Waals surface area contributed by atoms with Gasteiger partial charge in [0, 0.05) is 18.8 Å². The van der Waals surface area contributed by atoms with Crippen LogP contribution in [-0.2, 0) is 9.53 Å². The molecule has 1 saturated heterocycles. The summed E-state index contributed by atoms with van der Waals surface area (Å²) in [5.74, 6) is -0.550. The molecule has 2 rings (SSSR count). The number of ether oxygens (including phenoxy) is 2. The number of morpholine rings is 1. The quantitative estimate of drug-likeness (QED) is 0.925. The summed E-state index contributed by atoms with van der Waals surface area (Å²) >= 11 is 0. The fourth-order valence-electron chi connectivity index (χ4n) is 2.18. The largest absolute Gasteiger partial charge is 0.573 e. The molecule has 1 aliphatic heterocycles. The van der Waals surface area contributed by atoms with Crippen LogP contribution in [0.3, 0.4) is 0 Å². The van der Waals surface area contributed by atoms with Gasteiger partial charge in [0.25, 0.3) is 0 Å². The first kappa shape index (κ1) is 16.6. The van der Waals surface area contributed by atoms with Crippen molar-refractivity contribution in [2.24, 2.45) is 0 Å². The minimum Gasteiger partial charge on any atom is -0.406 e. The fraction of sp³-hybridized carbons (Fsp3) is 0.500. The molecule has 0 aromatic heterocycles. The molecular weight excluding hydrogens is 301 g/mol. The third-order valence-corrected chi connectivity index (χ3v) is 3.06. The van der Waals surface area contributed by atoms with Crippen LogP contribution in [0.15, 0.2) is 24.3 Å². The van der Waals surface area contributed by atoms with Gasteiger partial charge in [0.05, 0.1) is 19.3 Å². The highest BCUT2D eigenvalue weighted by Crippen LogP contribution is 2.23. The molecule has 1 aromatic carbocycles. The maximum Gasteiger partial charge on any atom is 0.573 e. The first-order valence-corrected chi connectivity index (χ1v) is 6.81. The summed E-state index contributed by atoms with van der Waals surface area (Å²) in [6.07, 6.45) is -4.64.